The quantitative estimate of drug-likeness (QED) is 0.0215. The van der Waals surface area contributed by atoms with Crippen LogP contribution in [0, 0.1) is 5.92 Å². The highest BCUT2D eigenvalue weighted by Gasteiger charge is 2.40. The number of nitrogens with zero attached hydrogens (tertiary/aromatic N) is 1. The molecule has 0 fully saturated rings. The van der Waals surface area contributed by atoms with Crippen molar-refractivity contribution in [1.29, 1.82) is 0 Å². The van der Waals surface area contributed by atoms with Crippen molar-refractivity contribution in [1.82, 2.24) is 26.6 Å². The lowest BCUT2D eigenvalue weighted by Gasteiger charge is -2.30. The zero-order chi connectivity index (χ0) is 47.6. The zero-order valence-electron chi connectivity index (χ0n) is 38.5. The van der Waals surface area contributed by atoms with E-state index in [-0.39, 0.29) is 51.0 Å². The fourth-order valence-electron chi connectivity index (χ4n) is 6.68. The van der Waals surface area contributed by atoms with Crippen LogP contribution in [-0.2, 0) is 52.3 Å². The first-order valence-corrected chi connectivity index (χ1v) is 23.3. The van der Waals surface area contributed by atoms with Crippen LogP contribution in [0.15, 0.2) is 108 Å². The van der Waals surface area contributed by atoms with Gasteiger partial charge in [-0.25, -0.2) is 14.4 Å². The van der Waals surface area contributed by atoms with Crippen LogP contribution in [0.4, 0.5) is 14.4 Å². The number of benzene rings is 4. The molecule has 5 amide bonds. The normalized spacial score (nSPS) is 13.7. The van der Waals surface area contributed by atoms with Gasteiger partial charge in [-0.15, -0.1) is 0 Å². The molecule has 16 nitrogen and oxygen atoms in total. The molecule has 350 valence electrons. The van der Waals surface area contributed by atoms with E-state index in [1.807, 2.05) is 91.0 Å². The number of hydrogen-bond donors (Lipinski definition) is 5. The third-order valence-electron chi connectivity index (χ3n) is 9.75. The molecule has 17 heteroatoms. The Balaban J connectivity index is 1.65. The summed E-state index contributed by atoms with van der Waals surface area (Å²) in [5.74, 6) is -3.50. The van der Waals surface area contributed by atoms with Crippen molar-refractivity contribution in [3.63, 3.8) is 0 Å². The molecule has 5 N–H and O–H groups in total. The first-order chi connectivity index (χ1) is 30.8. The van der Waals surface area contributed by atoms with Gasteiger partial charge < -0.3 is 34.7 Å². The third kappa shape index (κ3) is 18.0. The van der Waals surface area contributed by atoms with E-state index in [0.29, 0.717) is 0 Å². The highest BCUT2D eigenvalue weighted by atomic mass is 31.2. The van der Waals surface area contributed by atoms with Crippen molar-refractivity contribution in [2.75, 3.05) is 26.9 Å². The lowest BCUT2D eigenvalue weighted by atomic mass is 9.99. The van der Waals surface area contributed by atoms with Crippen LogP contribution in [0.2, 0.25) is 0 Å². The van der Waals surface area contributed by atoms with Crippen molar-refractivity contribution in [3.05, 3.63) is 120 Å². The Kier molecular flexibility index (Phi) is 19.1. The molecule has 4 aromatic carbocycles. The summed E-state index contributed by atoms with van der Waals surface area (Å²) in [6, 6.07) is 30.7. The molecule has 4 atom stereocenters. The predicted octanol–water partition coefficient (Wildman–Crippen LogP) is 7.83. The lowest BCUT2D eigenvalue weighted by molar-refractivity contribution is -0.130. The fourth-order valence-corrected chi connectivity index (χ4v) is 9.09. The maximum atomic E-state index is 15.2. The Morgan fingerprint density at radius 2 is 1.23 bits per heavy atom. The van der Waals surface area contributed by atoms with Crippen molar-refractivity contribution in [2.24, 2.45) is 10.9 Å². The van der Waals surface area contributed by atoms with E-state index in [4.69, 9.17) is 18.7 Å². The molecule has 0 radical (unpaired) electrons. The number of ether oxygens (including phenoxy) is 3. The molecule has 0 bridgehead atoms. The number of amides is 5. The van der Waals surface area contributed by atoms with E-state index >= 15 is 4.57 Å². The molecular formula is C48H63N6O10P. The van der Waals surface area contributed by atoms with E-state index in [1.165, 1.54) is 14.2 Å². The van der Waals surface area contributed by atoms with Gasteiger partial charge in [0.25, 0.3) is 0 Å². The van der Waals surface area contributed by atoms with Crippen molar-refractivity contribution < 1.29 is 47.3 Å². The van der Waals surface area contributed by atoms with Crippen LogP contribution in [-0.4, -0.2) is 85.9 Å². The lowest BCUT2D eigenvalue weighted by Crippen LogP contribution is -2.49. The van der Waals surface area contributed by atoms with E-state index < -0.39 is 66.4 Å². The van der Waals surface area contributed by atoms with Crippen LogP contribution < -0.4 is 26.6 Å². The third-order valence-corrected chi connectivity index (χ3v) is 12.6. The molecular weight excluding hydrogens is 852 g/mol. The van der Waals surface area contributed by atoms with Gasteiger partial charge in [-0.3, -0.25) is 29.8 Å². The van der Waals surface area contributed by atoms with Gasteiger partial charge in [0.1, 0.15) is 29.6 Å². The number of rotatable bonds is 18. The summed E-state index contributed by atoms with van der Waals surface area (Å²) in [6.07, 6.45) is -2.52. The molecule has 65 heavy (non-hydrogen) atoms. The molecule has 4 aromatic rings. The van der Waals surface area contributed by atoms with Crippen LogP contribution in [0.25, 0.3) is 10.8 Å². The maximum absolute atomic E-state index is 15.2. The topological polar surface area (TPSA) is 212 Å². The molecule has 0 aliphatic carbocycles. The van der Waals surface area contributed by atoms with Crippen molar-refractivity contribution in [3.8, 4) is 0 Å². The highest BCUT2D eigenvalue weighted by molar-refractivity contribution is 7.59. The number of carbonyl (C=O) groups is 5. The Bertz CT molecular complexity index is 2260. The first kappa shape index (κ1) is 51.4. The van der Waals surface area contributed by atoms with Gasteiger partial charge in [0.2, 0.25) is 25.1 Å². The number of fused-ring (bicyclic) bond motifs is 1. The maximum Gasteiger partial charge on any atom is 0.414 e. The number of likely N-dealkylation sites (N-methyl/N-ethyl adjacent to an activating group) is 1. The fraction of sp³-hybridized carbons (Fsp3) is 0.417. The second kappa shape index (κ2) is 24.2. The van der Waals surface area contributed by atoms with E-state index in [9.17, 15) is 24.0 Å². The Morgan fingerprint density at radius 3 is 1.80 bits per heavy atom. The van der Waals surface area contributed by atoms with Gasteiger partial charge in [0, 0.05) is 45.6 Å². The Labute approximate surface area is 381 Å². The van der Waals surface area contributed by atoms with E-state index in [2.05, 4.69) is 31.6 Å². The number of alkyl carbamates (subject to hydrolysis) is 3. The summed E-state index contributed by atoms with van der Waals surface area (Å²) in [5, 5.41) is 15.2. The number of hydrogen-bond acceptors (Lipinski definition) is 11. The van der Waals surface area contributed by atoms with Gasteiger partial charge in [-0.1, -0.05) is 103 Å². The van der Waals surface area contributed by atoms with Crippen molar-refractivity contribution in [2.45, 2.75) is 96.9 Å². The second-order valence-electron chi connectivity index (χ2n) is 17.4. The molecule has 0 spiro atoms. The SMILES string of the molecule is CNC(=O)[C@H](Cc1ccc2ccccc2c1)NC(=O)C(CCCN=C(NC(=O)OC(C)(C)C)NC(=O)OC(C)(C)C)CP(=O)(OC)[C@@H](Cc1ccccc1)NC(=O)OCc1ccccc1. The molecule has 0 aromatic heterocycles. The smallest absolute Gasteiger partial charge is 0.414 e. The molecule has 4 rings (SSSR count). The monoisotopic (exact) mass is 914 g/mol. The average Bonchev–Trinajstić information content (AvgIpc) is 3.25. The van der Waals surface area contributed by atoms with Crippen LogP contribution in [0.3, 0.4) is 0 Å². The number of nitrogens with one attached hydrogen (secondary N) is 5. The predicted molar refractivity (Wildman–Crippen MR) is 251 cm³/mol. The summed E-state index contributed by atoms with van der Waals surface area (Å²) < 4.78 is 37.3. The molecule has 0 aliphatic rings. The van der Waals surface area contributed by atoms with Gasteiger partial charge in [-0.2, -0.15) is 0 Å². The minimum Gasteiger partial charge on any atom is -0.445 e. The highest BCUT2D eigenvalue weighted by Crippen LogP contribution is 2.53. The van der Waals surface area contributed by atoms with Gasteiger partial charge >= 0.3 is 18.3 Å². The van der Waals surface area contributed by atoms with Gasteiger partial charge in [-0.05, 0) is 81.8 Å². The first-order valence-electron chi connectivity index (χ1n) is 21.5. The molecule has 0 saturated heterocycles. The van der Waals surface area contributed by atoms with E-state index in [0.717, 1.165) is 27.5 Å². The largest absolute Gasteiger partial charge is 0.445 e. The van der Waals surface area contributed by atoms with E-state index in [1.54, 1.807) is 53.7 Å². The summed E-state index contributed by atoms with van der Waals surface area (Å²) in [7, 11) is -1.27. The average molecular weight is 915 g/mol. The van der Waals surface area contributed by atoms with Crippen molar-refractivity contribution >= 4 is 54.2 Å². The van der Waals surface area contributed by atoms with Crippen LogP contribution in [0.1, 0.15) is 71.1 Å². The van der Waals surface area contributed by atoms with Crippen LogP contribution >= 0.6 is 7.37 Å². The zero-order valence-corrected chi connectivity index (χ0v) is 39.4. The molecule has 0 heterocycles. The van der Waals surface area contributed by atoms with Crippen LogP contribution in [0.5, 0.6) is 0 Å². The number of guanidine groups is 1. The molecule has 0 saturated carbocycles. The standard InChI is InChI=1S/C48H63N6O10P/c1-47(2,3)63-45(58)53-43(54-46(59)64-48(4,5)6)50-27-17-24-38(41(55)51-39(42(56)49-7)29-35-25-26-36-22-15-16-23-37(36)28-35)32-65(60,61-8)40(30-33-18-11-9-12-19-33)52-44(57)62-31-34-20-13-10-14-21-34/h9-16,18-23,25-26,28,38-40H,17,24,27,29-32H2,1-8H3,(H,49,56)(H,51,55)(H,52,57)(H2,50,53,54,58,59)/t38?,39-,40-,65?/m0/s1. The molecule has 0 aliphatic heterocycles. The minimum atomic E-state index is -4.01. The Hall–Kier alpha value is -6.25. The minimum absolute atomic E-state index is 0.0425. The summed E-state index contributed by atoms with van der Waals surface area (Å²) in [6.45, 7) is 9.99. The van der Waals surface area contributed by atoms with Gasteiger partial charge in [0.05, 0.1) is 0 Å². The van der Waals surface area contributed by atoms with Gasteiger partial charge in [0.15, 0.2) is 0 Å². The summed E-state index contributed by atoms with van der Waals surface area (Å²) in [5.41, 5.74) is 0.574. The summed E-state index contributed by atoms with van der Waals surface area (Å²) >= 11 is 0. The Morgan fingerprint density at radius 1 is 0.662 bits per heavy atom. The number of carbonyl (C=O) groups excluding carboxylic acids is 5. The second-order valence-corrected chi connectivity index (χ2v) is 20.2. The molecule has 2 unspecified atom stereocenters. The number of aliphatic imine (C=N–C) groups is 1. The summed E-state index contributed by atoms with van der Waals surface area (Å²) in [4.78, 5) is 71.2.